The van der Waals surface area contributed by atoms with Gasteiger partial charge >= 0.3 is 0 Å². The first-order valence-electron chi connectivity index (χ1n) is 3.84. The van der Waals surface area contributed by atoms with Gasteiger partial charge in [-0.2, -0.15) is 0 Å². The Kier molecular flexibility index (Phi) is 3.96. The van der Waals surface area contributed by atoms with Gasteiger partial charge in [0.15, 0.2) is 5.75 Å². The van der Waals surface area contributed by atoms with Crippen LogP contribution in [0, 0.1) is 0 Å². The number of rotatable bonds is 2. The van der Waals surface area contributed by atoms with Crippen molar-refractivity contribution < 1.29 is 4.74 Å². The van der Waals surface area contributed by atoms with Crippen molar-refractivity contribution >= 4 is 28.3 Å². The lowest BCUT2D eigenvalue weighted by Crippen LogP contribution is -2.50. The molecule has 0 atom stereocenters. The molecule has 1 aromatic rings. The van der Waals surface area contributed by atoms with Gasteiger partial charge in [0, 0.05) is 19.3 Å². The second-order valence-electron chi connectivity index (χ2n) is 2.69. The zero-order valence-corrected chi connectivity index (χ0v) is 9.27. The Labute approximate surface area is 91.4 Å². The summed E-state index contributed by atoms with van der Waals surface area (Å²) in [7, 11) is 0. The van der Waals surface area contributed by atoms with E-state index in [-0.39, 0.29) is 12.4 Å². The van der Waals surface area contributed by atoms with Crippen LogP contribution in [0.15, 0.2) is 22.9 Å². The van der Waals surface area contributed by atoms with Crippen molar-refractivity contribution in [3.63, 3.8) is 0 Å². The molecule has 3 nitrogen and oxygen atoms in total. The van der Waals surface area contributed by atoms with E-state index in [2.05, 4.69) is 26.2 Å². The van der Waals surface area contributed by atoms with E-state index in [1.807, 2.05) is 12.1 Å². The van der Waals surface area contributed by atoms with Crippen LogP contribution in [-0.2, 0) is 0 Å². The number of hydrogen-bond donors (Lipinski definition) is 1. The second kappa shape index (κ2) is 4.79. The zero-order valence-electron chi connectivity index (χ0n) is 6.87. The van der Waals surface area contributed by atoms with E-state index in [4.69, 9.17) is 4.74 Å². The molecule has 0 saturated carbocycles. The van der Waals surface area contributed by atoms with Crippen LogP contribution in [0.25, 0.3) is 0 Å². The maximum Gasteiger partial charge on any atom is 0.152 e. The summed E-state index contributed by atoms with van der Waals surface area (Å²) in [5.74, 6) is 0.823. The molecule has 1 aromatic heterocycles. The summed E-state index contributed by atoms with van der Waals surface area (Å²) in [6.07, 6.45) is 2.04. The first-order valence-corrected chi connectivity index (χ1v) is 4.63. The van der Waals surface area contributed by atoms with Gasteiger partial charge in [-0.15, -0.1) is 12.4 Å². The number of nitrogens with zero attached hydrogens (tertiary/aromatic N) is 1. The van der Waals surface area contributed by atoms with Gasteiger partial charge in [0.2, 0.25) is 0 Å². The number of nitrogens with one attached hydrogen (secondary N) is 1. The monoisotopic (exact) mass is 264 g/mol. The fourth-order valence-electron chi connectivity index (χ4n) is 0.984. The van der Waals surface area contributed by atoms with E-state index in [1.54, 1.807) is 6.20 Å². The minimum Gasteiger partial charge on any atom is -0.485 e. The SMILES string of the molecule is Brc1ncccc1OC1CNC1.Cl. The van der Waals surface area contributed by atoms with E-state index in [1.165, 1.54) is 0 Å². The van der Waals surface area contributed by atoms with E-state index < -0.39 is 0 Å². The standard InChI is InChI=1S/C8H9BrN2O.ClH/c9-8-7(2-1-3-11-8)12-6-4-10-5-6;/h1-3,6,10H,4-5H2;1H. The molecular formula is C8H10BrClN2O. The molecule has 0 amide bonds. The topological polar surface area (TPSA) is 34.1 Å². The minimum atomic E-state index is 0. The smallest absolute Gasteiger partial charge is 0.152 e. The van der Waals surface area contributed by atoms with Crippen molar-refractivity contribution in [2.24, 2.45) is 0 Å². The molecule has 0 bridgehead atoms. The van der Waals surface area contributed by atoms with Gasteiger partial charge in [-0.3, -0.25) is 0 Å². The highest BCUT2D eigenvalue weighted by molar-refractivity contribution is 9.10. The Morgan fingerprint density at radius 3 is 2.85 bits per heavy atom. The predicted molar refractivity (Wildman–Crippen MR) is 56.5 cm³/mol. The number of halogens is 2. The molecule has 1 N–H and O–H groups in total. The highest BCUT2D eigenvalue weighted by atomic mass is 79.9. The third kappa shape index (κ3) is 2.56. The molecule has 0 aromatic carbocycles. The van der Waals surface area contributed by atoms with Crippen molar-refractivity contribution in [2.45, 2.75) is 6.10 Å². The predicted octanol–water partition coefficient (Wildman–Crippen LogP) is 1.62. The third-order valence-corrected chi connectivity index (χ3v) is 2.36. The largest absolute Gasteiger partial charge is 0.485 e. The van der Waals surface area contributed by atoms with Crippen molar-refractivity contribution in [3.8, 4) is 5.75 Å². The number of aromatic nitrogens is 1. The number of ether oxygens (including phenoxy) is 1. The van der Waals surface area contributed by atoms with Crippen molar-refractivity contribution in [1.82, 2.24) is 10.3 Å². The molecule has 2 rings (SSSR count). The lowest BCUT2D eigenvalue weighted by Gasteiger charge is -2.27. The molecule has 0 radical (unpaired) electrons. The van der Waals surface area contributed by atoms with Gasteiger partial charge < -0.3 is 10.1 Å². The number of pyridine rings is 1. The first kappa shape index (κ1) is 10.8. The van der Waals surface area contributed by atoms with Gasteiger partial charge in [0.1, 0.15) is 10.7 Å². The quantitative estimate of drug-likeness (QED) is 0.825. The zero-order chi connectivity index (χ0) is 8.39. The van der Waals surface area contributed by atoms with Crippen LogP contribution in [-0.4, -0.2) is 24.2 Å². The first-order chi connectivity index (χ1) is 5.86. The Hall–Kier alpha value is -0.320. The Bertz CT molecular complexity index is 281. The summed E-state index contributed by atoms with van der Waals surface area (Å²) in [5, 5.41) is 3.14. The molecule has 1 aliphatic rings. The lowest BCUT2D eigenvalue weighted by molar-refractivity contribution is 0.140. The molecular weight excluding hydrogens is 255 g/mol. The fourth-order valence-corrected chi connectivity index (χ4v) is 1.33. The molecule has 1 fully saturated rings. The fraction of sp³-hybridized carbons (Fsp3) is 0.375. The molecule has 2 heterocycles. The number of hydrogen-bond acceptors (Lipinski definition) is 3. The summed E-state index contributed by atoms with van der Waals surface area (Å²) >= 11 is 3.32. The highest BCUT2D eigenvalue weighted by Gasteiger charge is 2.19. The van der Waals surface area contributed by atoms with Crippen molar-refractivity contribution in [2.75, 3.05) is 13.1 Å². The van der Waals surface area contributed by atoms with Gasteiger partial charge in [-0.25, -0.2) is 4.98 Å². The maximum atomic E-state index is 5.61. The van der Waals surface area contributed by atoms with Crippen LogP contribution in [0.5, 0.6) is 5.75 Å². The Balaban J connectivity index is 0.000000845. The highest BCUT2D eigenvalue weighted by Crippen LogP contribution is 2.22. The Morgan fingerprint density at radius 1 is 1.54 bits per heavy atom. The normalized spacial score (nSPS) is 15.8. The average molecular weight is 266 g/mol. The van der Waals surface area contributed by atoms with Crippen LogP contribution in [0.3, 0.4) is 0 Å². The van der Waals surface area contributed by atoms with Crippen LogP contribution in [0.2, 0.25) is 0 Å². The molecule has 0 spiro atoms. The van der Waals surface area contributed by atoms with Gasteiger partial charge in [-0.05, 0) is 28.1 Å². The van der Waals surface area contributed by atoms with Crippen LogP contribution >= 0.6 is 28.3 Å². The minimum absolute atomic E-state index is 0. The van der Waals surface area contributed by atoms with Crippen LogP contribution in [0.1, 0.15) is 0 Å². The molecule has 1 aliphatic heterocycles. The summed E-state index contributed by atoms with van der Waals surface area (Å²) in [6.45, 7) is 1.86. The summed E-state index contributed by atoms with van der Waals surface area (Å²) in [5.41, 5.74) is 0. The molecule has 13 heavy (non-hydrogen) atoms. The van der Waals surface area contributed by atoms with Crippen molar-refractivity contribution in [1.29, 1.82) is 0 Å². The average Bonchev–Trinajstić information content (AvgIpc) is 2.00. The van der Waals surface area contributed by atoms with Gasteiger partial charge in [-0.1, -0.05) is 0 Å². The van der Waals surface area contributed by atoms with E-state index in [0.717, 1.165) is 23.4 Å². The van der Waals surface area contributed by atoms with Gasteiger partial charge in [0.05, 0.1) is 0 Å². The lowest BCUT2D eigenvalue weighted by atomic mass is 10.2. The van der Waals surface area contributed by atoms with Crippen LogP contribution < -0.4 is 10.1 Å². The van der Waals surface area contributed by atoms with E-state index >= 15 is 0 Å². The van der Waals surface area contributed by atoms with Crippen molar-refractivity contribution in [3.05, 3.63) is 22.9 Å². The molecule has 5 heteroatoms. The van der Waals surface area contributed by atoms with Crippen LogP contribution in [0.4, 0.5) is 0 Å². The summed E-state index contributed by atoms with van der Waals surface area (Å²) in [4.78, 5) is 4.06. The third-order valence-electron chi connectivity index (χ3n) is 1.76. The summed E-state index contributed by atoms with van der Waals surface area (Å²) in [6, 6.07) is 3.78. The molecule has 0 aliphatic carbocycles. The molecule has 0 unspecified atom stereocenters. The summed E-state index contributed by atoms with van der Waals surface area (Å²) < 4.78 is 6.38. The maximum absolute atomic E-state index is 5.61. The van der Waals surface area contributed by atoms with E-state index in [0.29, 0.717) is 6.10 Å². The Morgan fingerprint density at radius 2 is 2.31 bits per heavy atom. The second-order valence-corrected chi connectivity index (χ2v) is 3.44. The van der Waals surface area contributed by atoms with E-state index in [9.17, 15) is 0 Å². The molecule has 1 saturated heterocycles. The van der Waals surface area contributed by atoms with Gasteiger partial charge in [0.25, 0.3) is 0 Å². The molecule has 72 valence electrons.